The molecule has 0 heterocycles. The number of hydrogen-bond donors (Lipinski definition) is 15. The van der Waals surface area contributed by atoms with Crippen molar-refractivity contribution in [3.8, 4) is 0 Å². The number of ether oxygens (including phenoxy) is 3. The molecule has 0 bridgehead atoms. The Morgan fingerprint density at radius 2 is 0.664 bits per heavy atom. The van der Waals surface area contributed by atoms with Crippen molar-refractivity contribution in [1.82, 2.24) is 79.8 Å². The van der Waals surface area contributed by atoms with Gasteiger partial charge in [-0.1, -0.05) is 154 Å². The van der Waals surface area contributed by atoms with Crippen molar-refractivity contribution in [2.45, 2.75) is 327 Å². The summed E-state index contributed by atoms with van der Waals surface area (Å²) in [6.45, 7) is 47.0. The Labute approximate surface area is 686 Å². The van der Waals surface area contributed by atoms with Gasteiger partial charge in [-0.15, -0.1) is 0 Å². The SMILES string of the molecule is CC[C@@H](C)[C@@H](NC(=O)[C@H](NC(=O)[C@H](NC(=O)C(C)(C)NC(=O)CNC(=O)[C@H](NC(=O)C(C)(C)NC(=O)[C@@H](CC(C)C)NC(=O)OC(C)(C)C)C(C)C)C(C)C)C(C)C)C(=O)NC(C)(C)C(=O)N[C@@H](C(=O)N[C@@H](C(=O)NC(C)(C)C(=O)N[C@@H](C(=O)N[C@@H](C(=O)NC(C)(C)C(=O)OC)[C@H](C)CC)C(C)C)C(C)C)[C@H](C)OCc1ccccc1. The Morgan fingerprint density at radius 1 is 0.353 bits per heavy atom. The van der Waals surface area contributed by atoms with E-state index in [1.165, 1.54) is 83.3 Å². The van der Waals surface area contributed by atoms with E-state index in [2.05, 4.69) is 79.8 Å². The molecule has 0 aromatic heterocycles. The average Bonchev–Trinajstić information content (AvgIpc) is 0.824. The molecule has 116 heavy (non-hydrogen) atoms. The summed E-state index contributed by atoms with van der Waals surface area (Å²) < 4.78 is 16.4. The van der Waals surface area contributed by atoms with Gasteiger partial charge in [-0.2, -0.15) is 0 Å². The largest absolute Gasteiger partial charge is 0.467 e. The molecule has 658 valence electrons. The monoisotopic (exact) mass is 1640 g/mol. The minimum atomic E-state index is -1.86. The van der Waals surface area contributed by atoms with Crippen molar-refractivity contribution in [2.75, 3.05) is 13.7 Å². The number of carbonyl (C=O) groups excluding carboxylic acids is 16. The molecule has 0 unspecified atom stereocenters. The Bertz CT molecular complexity index is 3570. The molecular formula is C82H141N15O19. The summed E-state index contributed by atoms with van der Waals surface area (Å²) in [6.07, 6.45) is -0.970. The first-order valence-corrected chi connectivity index (χ1v) is 40.1. The smallest absolute Gasteiger partial charge is 0.408 e. The predicted molar refractivity (Wildman–Crippen MR) is 438 cm³/mol. The third kappa shape index (κ3) is 33.6. The van der Waals surface area contributed by atoms with Crippen LogP contribution in [0.2, 0.25) is 0 Å². The zero-order valence-corrected chi connectivity index (χ0v) is 74.6. The molecule has 0 spiro atoms. The summed E-state index contributed by atoms with van der Waals surface area (Å²) in [6, 6.07) is -2.67. The lowest BCUT2D eigenvalue weighted by Gasteiger charge is -2.35. The van der Waals surface area contributed by atoms with Crippen molar-refractivity contribution in [3.05, 3.63) is 35.9 Å². The van der Waals surface area contributed by atoms with Gasteiger partial charge in [-0.05, 0) is 156 Å². The number of benzene rings is 1. The Hall–Kier alpha value is -9.50. The minimum Gasteiger partial charge on any atom is -0.467 e. The van der Waals surface area contributed by atoms with Crippen molar-refractivity contribution in [2.24, 2.45) is 47.3 Å². The van der Waals surface area contributed by atoms with Crippen molar-refractivity contribution < 1.29 is 90.9 Å². The molecule has 0 aliphatic heterocycles. The molecule has 0 aliphatic carbocycles. The quantitative estimate of drug-likeness (QED) is 0.0415. The average molecular weight is 1640 g/mol. The highest BCUT2D eigenvalue weighted by atomic mass is 16.6. The van der Waals surface area contributed by atoms with Crippen molar-refractivity contribution in [3.63, 3.8) is 0 Å². The van der Waals surface area contributed by atoms with Gasteiger partial charge in [0.2, 0.25) is 82.7 Å². The molecule has 1 aromatic carbocycles. The fourth-order valence-electron chi connectivity index (χ4n) is 11.5. The number of alkyl carbamates (subject to hydrolysis) is 1. The number of amides is 15. The standard InChI is InChI=1S/C82H141N15O19/c1-32-48(15)59(87-64(101)55(44(7)8)85-65(102)56(45(9)10)90-71(108)78(21,22)93-53(98)40-83-63(100)54(43(5)6)89-72(109)79(23,24)94-62(99)52(39-42(3)4)84-76(113)116-77(18,19)20)69(106)96-81(27,28)74(111)92-61(50(17)115-41-51-37-35-34-36-38-51)67(104)86-58(47(13)14)68(105)95-80(25,26)73(110)91-57(46(11)12)66(103)88-60(49(16)33-2)70(107)97-82(29,30)75(112)114-31/h34-38,42-50,52,54-61H,32-33,39-41H2,1-31H3,(H,83,100)(H,84,113)(H,85,102)(H,86,104)(H,87,101)(H,88,103)(H,89,109)(H,90,108)(H,91,110)(H,92,111)(H,93,98)(H,94,99)(H,95,105)(H,96,106)(H,97,107)/t48-,49-,50+,52-,54-,55-,56-,57-,58-,59-,60-,61-/m1/s1. The summed E-state index contributed by atoms with van der Waals surface area (Å²) in [5, 5.41) is 40.0. The van der Waals surface area contributed by atoms with Gasteiger partial charge in [-0.25, -0.2) is 9.59 Å². The second-order valence-corrected chi connectivity index (χ2v) is 35.9. The molecule has 0 saturated carbocycles. The van der Waals surface area contributed by atoms with Crippen molar-refractivity contribution >= 4 is 94.8 Å². The van der Waals surface area contributed by atoms with Crippen LogP contribution in [-0.2, 0) is 92.7 Å². The number of methoxy groups -OCH3 is 1. The molecule has 34 nitrogen and oxygen atoms in total. The van der Waals surface area contributed by atoms with Gasteiger partial charge in [0, 0.05) is 0 Å². The summed E-state index contributed by atoms with van der Waals surface area (Å²) in [5.41, 5.74) is -8.54. The maximum Gasteiger partial charge on any atom is 0.408 e. The van der Waals surface area contributed by atoms with Crippen LogP contribution in [0.4, 0.5) is 4.79 Å². The number of carbonyl (C=O) groups is 16. The van der Waals surface area contributed by atoms with Crippen LogP contribution in [0.3, 0.4) is 0 Å². The fourth-order valence-corrected chi connectivity index (χ4v) is 11.5. The normalized spacial score (nSPS) is 15.3. The Balaban J connectivity index is 3.45. The van der Waals surface area contributed by atoms with Crippen LogP contribution in [-0.4, -0.2) is 202 Å². The highest BCUT2D eigenvalue weighted by molar-refractivity contribution is 6.02. The van der Waals surface area contributed by atoms with Gasteiger partial charge in [-0.3, -0.25) is 67.1 Å². The van der Waals surface area contributed by atoms with E-state index in [1.807, 2.05) is 20.8 Å². The second kappa shape index (κ2) is 45.3. The second-order valence-electron chi connectivity index (χ2n) is 35.9. The van der Waals surface area contributed by atoms with Crippen LogP contribution in [0.1, 0.15) is 233 Å². The third-order valence-corrected chi connectivity index (χ3v) is 19.5. The van der Waals surface area contributed by atoms with Gasteiger partial charge in [0.15, 0.2) is 0 Å². The maximum absolute atomic E-state index is 14.8. The summed E-state index contributed by atoms with van der Waals surface area (Å²) in [4.78, 5) is 223. The molecule has 15 N–H and O–H groups in total. The van der Waals surface area contributed by atoms with Gasteiger partial charge >= 0.3 is 12.1 Å². The van der Waals surface area contributed by atoms with E-state index < -0.39 is 237 Å². The molecular weight excluding hydrogens is 1500 g/mol. The van der Waals surface area contributed by atoms with Crippen molar-refractivity contribution in [1.29, 1.82) is 0 Å². The predicted octanol–water partition coefficient (Wildman–Crippen LogP) is 3.54. The van der Waals surface area contributed by atoms with E-state index >= 15 is 0 Å². The number of rotatable bonds is 45. The van der Waals surface area contributed by atoms with E-state index in [4.69, 9.17) is 14.2 Å². The number of esters is 1. The molecule has 34 heteroatoms. The molecule has 0 fully saturated rings. The molecule has 15 amide bonds. The Kier molecular flexibility index (Phi) is 40.8. The highest BCUT2D eigenvalue weighted by Gasteiger charge is 2.45. The lowest BCUT2D eigenvalue weighted by molar-refractivity contribution is -0.150. The van der Waals surface area contributed by atoms with Crippen LogP contribution >= 0.6 is 0 Å². The van der Waals surface area contributed by atoms with E-state index in [-0.39, 0.29) is 18.9 Å². The first-order valence-electron chi connectivity index (χ1n) is 40.1. The van der Waals surface area contributed by atoms with Crippen LogP contribution in [0, 0.1) is 47.3 Å². The molecule has 0 aliphatic rings. The number of nitrogens with one attached hydrogen (secondary N) is 15. The van der Waals surface area contributed by atoms with E-state index in [9.17, 15) is 76.7 Å². The van der Waals surface area contributed by atoms with Gasteiger partial charge in [0.25, 0.3) is 0 Å². The topological polar surface area (TPSA) is 481 Å². The third-order valence-electron chi connectivity index (χ3n) is 19.5. The van der Waals surface area contributed by atoms with Crippen LogP contribution in [0.15, 0.2) is 30.3 Å². The van der Waals surface area contributed by atoms with Gasteiger partial charge in [0.05, 0.1) is 26.4 Å². The zero-order chi connectivity index (χ0) is 90.0. The van der Waals surface area contributed by atoms with E-state index in [1.54, 1.807) is 141 Å². The summed E-state index contributed by atoms with van der Waals surface area (Å²) >= 11 is 0. The van der Waals surface area contributed by atoms with E-state index in [0.29, 0.717) is 18.4 Å². The fraction of sp³-hybridized carbons (Fsp3) is 0.732. The van der Waals surface area contributed by atoms with Crippen LogP contribution < -0.4 is 79.8 Å². The lowest BCUT2D eigenvalue weighted by Crippen LogP contribution is -2.66. The lowest BCUT2D eigenvalue weighted by atomic mass is 9.94. The molecule has 0 saturated heterocycles. The minimum absolute atomic E-state index is 0.0314. The molecule has 1 aromatic rings. The molecule has 0 radical (unpaired) electrons. The Morgan fingerprint density at radius 3 is 1.02 bits per heavy atom. The van der Waals surface area contributed by atoms with Gasteiger partial charge in [0.1, 0.15) is 87.7 Å². The van der Waals surface area contributed by atoms with Crippen LogP contribution in [0.25, 0.3) is 0 Å². The number of hydrogen-bond acceptors (Lipinski definition) is 19. The molecule has 1 rings (SSSR count). The zero-order valence-electron chi connectivity index (χ0n) is 74.6. The summed E-state index contributed by atoms with van der Waals surface area (Å²) in [5.74, 6) is -15.9. The van der Waals surface area contributed by atoms with E-state index in [0.717, 1.165) is 0 Å². The highest BCUT2D eigenvalue weighted by Crippen LogP contribution is 2.21. The van der Waals surface area contributed by atoms with Crippen LogP contribution in [0.5, 0.6) is 0 Å². The first kappa shape index (κ1) is 105. The van der Waals surface area contributed by atoms with Gasteiger partial charge < -0.3 is 94.0 Å². The first-order chi connectivity index (χ1) is 53.0. The maximum atomic E-state index is 14.8. The molecule has 12 atom stereocenters. The summed E-state index contributed by atoms with van der Waals surface area (Å²) in [7, 11) is 1.18.